The largest absolute Gasteiger partial charge is 0.396 e. The summed E-state index contributed by atoms with van der Waals surface area (Å²) in [4.78, 5) is 12.0. The van der Waals surface area contributed by atoms with Gasteiger partial charge < -0.3 is 10.4 Å². The van der Waals surface area contributed by atoms with E-state index in [1.807, 2.05) is 0 Å². The van der Waals surface area contributed by atoms with Crippen molar-refractivity contribution < 1.29 is 18.7 Å². The zero-order chi connectivity index (χ0) is 15.4. The maximum absolute atomic E-state index is 13.7. The molecule has 3 nitrogen and oxygen atoms in total. The van der Waals surface area contributed by atoms with E-state index in [9.17, 15) is 13.6 Å². The summed E-state index contributed by atoms with van der Waals surface area (Å²) >= 11 is 0. The highest BCUT2D eigenvalue weighted by atomic mass is 19.1. The van der Waals surface area contributed by atoms with Gasteiger partial charge in [0.1, 0.15) is 11.6 Å². The van der Waals surface area contributed by atoms with Crippen molar-refractivity contribution in [2.24, 2.45) is 0 Å². The number of hydrogen-bond donors (Lipinski definition) is 2. The van der Waals surface area contributed by atoms with Gasteiger partial charge in [-0.25, -0.2) is 8.78 Å². The van der Waals surface area contributed by atoms with E-state index < -0.39 is 17.5 Å². The number of rotatable bonds is 4. The second-order valence-corrected chi connectivity index (χ2v) is 4.71. The van der Waals surface area contributed by atoms with Crippen molar-refractivity contribution in [3.8, 4) is 0 Å². The first kappa shape index (κ1) is 15.1. The molecule has 5 heteroatoms. The number of aliphatic hydroxyl groups excluding tert-OH is 1. The Balaban J connectivity index is 2.16. The number of nitrogens with one attached hydrogen (secondary N) is 1. The summed E-state index contributed by atoms with van der Waals surface area (Å²) in [7, 11) is 0. The fourth-order valence-corrected chi connectivity index (χ4v) is 1.90. The van der Waals surface area contributed by atoms with Crippen molar-refractivity contribution in [2.45, 2.75) is 13.3 Å². The normalized spacial score (nSPS) is 10.5. The minimum atomic E-state index is -0.761. The molecule has 2 N–H and O–H groups in total. The Bertz CT molecular complexity index is 654. The van der Waals surface area contributed by atoms with Gasteiger partial charge in [-0.3, -0.25) is 4.79 Å². The molecule has 0 aliphatic rings. The molecule has 0 radical (unpaired) electrons. The molecule has 0 fully saturated rings. The van der Waals surface area contributed by atoms with Gasteiger partial charge in [0.05, 0.1) is 5.56 Å². The lowest BCUT2D eigenvalue weighted by atomic mass is 10.1. The maximum atomic E-state index is 13.7. The molecular weight excluding hydrogens is 276 g/mol. The van der Waals surface area contributed by atoms with Crippen LogP contribution >= 0.6 is 0 Å². The number of halogens is 2. The van der Waals surface area contributed by atoms with Crippen LogP contribution in [0.3, 0.4) is 0 Å². The van der Waals surface area contributed by atoms with Crippen LogP contribution in [0.25, 0.3) is 0 Å². The minimum absolute atomic E-state index is 0.0412. The Kier molecular flexibility index (Phi) is 4.65. The van der Waals surface area contributed by atoms with Crippen molar-refractivity contribution in [2.75, 3.05) is 11.9 Å². The van der Waals surface area contributed by atoms with Crippen LogP contribution < -0.4 is 5.32 Å². The van der Waals surface area contributed by atoms with Crippen LogP contribution in [-0.2, 0) is 6.42 Å². The Morgan fingerprint density at radius 1 is 1.14 bits per heavy atom. The summed E-state index contributed by atoms with van der Waals surface area (Å²) in [6.45, 7) is 1.47. The molecule has 2 aromatic rings. The molecule has 21 heavy (non-hydrogen) atoms. The number of aliphatic hydroxyl groups is 1. The van der Waals surface area contributed by atoms with E-state index in [1.54, 1.807) is 24.3 Å². The van der Waals surface area contributed by atoms with Crippen molar-refractivity contribution in [1.29, 1.82) is 0 Å². The lowest BCUT2D eigenvalue weighted by Crippen LogP contribution is -2.14. The van der Waals surface area contributed by atoms with Gasteiger partial charge in [0.25, 0.3) is 5.91 Å². The van der Waals surface area contributed by atoms with Gasteiger partial charge in [0.15, 0.2) is 0 Å². The van der Waals surface area contributed by atoms with Gasteiger partial charge in [-0.15, -0.1) is 0 Å². The summed E-state index contributed by atoms with van der Waals surface area (Å²) in [5.41, 5.74) is 1.21. The number of anilines is 1. The smallest absolute Gasteiger partial charge is 0.258 e. The first-order valence-electron chi connectivity index (χ1n) is 6.48. The number of hydrogen-bond acceptors (Lipinski definition) is 2. The van der Waals surface area contributed by atoms with E-state index in [-0.39, 0.29) is 17.7 Å². The minimum Gasteiger partial charge on any atom is -0.396 e. The number of aryl methyl sites for hydroxylation is 1. The monoisotopic (exact) mass is 291 g/mol. The van der Waals surface area contributed by atoms with Crippen LogP contribution in [0.5, 0.6) is 0 Å². The first-order valence-corrected chi connectivity index (χ1v) is 6.48. The van der Waals surface area contributed by atoms with Gasteiger partial charge in [0, 0.05) is 12.3 Å². The molecule has 0 atom stereocenters. The van der Waals surface area contributed by atoms with Crippen LogP contribution in [0.15, 0.2) is 36.4 Å². The predicted octanol–water partition coefficient (Wildman–Crippen LogP) is 3.06. The fourth-order valence-electron chi connectivity index (χ4n) is 1.90. The van der Waals surface area contributed by atoms with Crippen molar-refractivity contribution >= 4 is 11.6 Å². The highest BCUT2D eigenvalue weighted by Gasteiger charge is 2.14. The molecule has 110 valence electrons. The molecule has 0 unspecified atom stereocenters. The van der Waals surface area contributed by atoms with Gasteiger partial charge in [0.2, 0.25) is 0 Å². The van der Waals surface area contributed by atoms with Gasteiger partial charge in [-0.2, -0.15) is 0 Å². The molecule has 0 bridgehead atoms. The second kappa shape index (κ2) is 6.45. The highest BCUT2D eigenvalue weighted by molar-refractivity contribution is 6.04. The summed E-state index contributed by atoms with van der Waals surface area (Å²) in [5, 5.41) is 11.3. The number of benzene rings is 2. The highest BCUT2D eigenvalue weighted by Crippen LogP contribution is 2.17. The molecular formula is C16H15F2NO2. The molecule has 0 aromatic heterocycles. The molecule has 0 saturated carbocycles. The van der Waals surface area contributed by atoms with Crippen LogP contribution in [0.1, 0.15) is 21.5 Å². The average Bonchev–Trinajstić information content (AvgIpc) is 2.45. The van der Waals surface area contributed by atoms with E-state index in [2.05, 4.69) is 5.32 Å². The molecule has 0 aliphatic heterocycles. The standard InChI is InChI=1S/C16H15F2NO2/c1-10-8-15(18)13(9-14(10)17)16(21)19-12-4-2-11(3-5-12)6-7-20/h2-5,8-9,20H,6-7H2,1H3,(H,19,21). The molecule has 0 aliphatic carbocycles. The third kappa shape index (κ3) is 3.64. The third-order valence-electron chi connectivity index (χ3n) is 3.11. The zero-order valence-corrected chi connectivity index (χ0v) is 11.5. The summed E-state index contributed by atoms with van der Waals surface area (Å²) in [6.07, 6.45) is 0.520. The predicted molar refractivity (Wildman–Crippen MR) is 76.3 cm³/mol. The van der Waals surface area contributed by atoms with E-state index in [0.717, 1.165) is 17.7 Å². The van der Waals surface area contributed by atoms with Crippen LogP contribution in [0.2, 0.25) is 0 Å². The van der Waals surface area contributed by atoms with Crippen LogP contribution in [0.4, 0.5) is 14.5 Å². The summed E-state index contributed by atoms with van der Waals surface area (Å²) in [6, 6.07) is 8.67. The maximum Gasteiger partial charge on any atom is 0.258 e. The Labute approximate surface area is 121 Å². The average molecular weight is 291 g/mol. The van der Waals surface area contributed by atoms with E-state index in [0.29, 0.717) is 12.1 Å². The topological polar surface area (TPSA) is 49.3 Å². The molecule has 0 spiro atoms. The summed E-state index contributed by atoms with van der Waals surface area (Å²) < 4.78 is 27.1. The lowest BCUT2D eigenvalue weighted by molar-refractivity contribution is 0.102. The zero-order valence-electron chi connectivity index (χ0n) is 11.5. The number of amides is 1. The Morgan fingerprint density at radius 2 is 1.81 bits per heavy atom. The van der Waals surface area contributed by atoms with E-state index in [1.165, 1.54) is 6.92 Å². The molecule has 0 heterocycles. The first-order chi connectivity index (χ1) is 10.0. The Hall–Kier alpha value is -2.27. The SMILES string of the molecule is Cc1cc(F)c(C(=O)Nc2ccc(CCO)cc2)cc1F. The molecule has 2 rings (SSSR count). The van der Waals surface area contributed by atoms with Gasteiger partial charge in [-0.1, -0.05) is 12.1 Å². The number of carbonyl (C=O) groups is 1. The second-order valence-electron chi connectivity index (χ2n) is 4.71. The van der Waals surface area contributed by atoms with Gasteiger partial charge in [-0.05, 0) is 48.7 Å². The van der Waals surface area contributed by atoms with Gasteiger partial charge >= 0.3 is 0 Å². The van der Waals surface area contributed by atoms with E-state index in [4.69, 9.17) is 5.11 Å². The Morgan fingerprint density at radius 3 is 2.43 bits per heavy atom. The van der Waals surface area contributed by atoms with Crippen LogP contribution in [-0.4, -0.2) is 17.6 Å². The van der Waals surface area contributed by atoms with Crippen molar-refractivity contribution in [3.63, 3.8) is 0 Å². The van der Waals surface area contributed by atoms with Crippen molar-refractivity contribution in [1.82, 2.24) is 0 Å². The third-order valence-corrected chi connectivity index (χ3v) is 3.11. The fraction of sp³-hybridized carbons (Fsp3) is 0.188. The van der Waals surface area contributed by atoms with E-state index >= 15 is 0 Å². The van der Waals surface area contributed by atoms with Crippen LogP contribution in [0, 0.1) is 18.6 Å². The van der Waals surface area contributed by atoms with Crippen molar-refractivity contribution in [3.05, 3.63) is 64.7 Å². The molecule has 2 aromatic carbocycles. The lowest BCUT2D eigenvalue weighted by Gasteiger charge is -2.08. The summed E-state index contributed by atoms with van der Waals surface area (Å²) in [5.74, 6) is -2.09. The number of carbonyl (C=O) groups excluding carboxylic acids is 1. The quantitative estimate of drug-likeness (QED) is 0.909. The molecule has 1 amide bonds. The molecule has 0 saturated heterocycles.